The number of nitrogens with zero attached hydrogens (tertiary/aromatic N) is 1. The number of carbonyl (C=O) groups excluding carboxylic acids is 2. The number of amides is 2. The van der Waals surface area contributed by atoms with Gasteiger partial charge in [-0.1, -0.05) is 29.8 Å². The van der Waals surface area contributed by atoms with Gasteiger partial charge in [0.25, 0.3) is 0 Å². The molecule has 0 aliphatic carbocycles. The molecule has 3 aromatic rings. The van der Waals surface area contributed by atoms with E-state index >= 15 is 0 Å². The topological polar surface area (TPSA) is 98.2 Å². The van der Waals surface area contributed by atoms with Gasteiger partial charge in [-0.25, -0.2) is 5.43 Å². The van der Waals surface area contributed by atoms with Gasteiger partial charge in [-0.05, 0) is 74.4 Å². The van der Waals surface area contributed by atoms with Crippen molar-refractivity contribution in [1.82, 2.24) is 5.43 Å². The van der Waals surface area contributed by atoms with Crippen LogP contribution >= 0.6 is 0 Å². The van der Waals surface area contributed by atoms with Crippen molar-refractivity contribution < 1.29 is 23.8 Å². The fraction of sp³-hybridized carbons (Fsp3) is 0.222. The summed E-state index contributed by atoms with van der Waals surface area (Å²) in [5.74, 6) is 0.114. The van der Waals surface area contributed by atoms with Gasteiger partial charge in [-0.3, -0.25) is 9.59 Å². The number of rotatable bonds is 10. The van der Waals surface area contributed by atoms with Gasteiger partial charge >= 0.3 is 11.8 Å². The van der Waals surface area contributed by atoms with Crippen LogP contribution in [0.15, 0.2) is 71.8 Å². The molecular weight excluding hydrogens is 446 g/mol. The molecule has 35 heavy (non-hydrogen) atoms. The van der Waals surface area contributed by atoms with Crippen LogP contribution in [0.4, 0.5) is 5.69 Å². The molecule has 0 unspecified atom stereocenters. The molecule has 0 atom stereocenters. The Kier molecular flexibility index (Phi) is 9.24. The lowest BCUT2D eigenvalue weighted by molar-refractivity contribution is -0.136. The minimum atomic E-state index is -0.891. The molecule has 0 saturated heterocycles. The number of carbonyl (C=O) groups is 2. The number of aryl methyl sites for hydroxylation is 1. The molecule has 0 radical (unpaired) electrons. The molecule has 0 aliphatic rings. The van der Waals surface area contributed by atoms with Gasteiger partial charge in [0, 0.05) is 5.69 Å². The fourth-order valence-corrected chi connectivity index (χ4v) is 3.04. The number of hydrogen-bond acceptors (Lipinski definition) is 6. The maximum absolute atomic E-state index is 12.1. The minimum Gasteiger partial charge on any atom is -0.494 e. The monoisotopic (exact) mass is 475 g/mol. The molecule has 3 aromatic carbocycles. The number of hydrazone groups is 1. The minimum absolute atomic E-state index is 0.410. The third-order valence-corrected chi connectivity index (χ3v) is 4.79. The first kappa shape index (κ1) is 25.3. The largest absolute Gasteiger partial charge is 0.494 e. The number of nitrogens with one attached hydrogen (secondary N) is 2. The normalized spacial score (nSPS) is 10.6. The Hall–Kier alpha value is -4.33. The van der Waals surface area contributed by atoms with E-state index in [0.29, 0.717) is 48.3 Å². The van der Waals surface area contributed by atoms with E-state index in [2.05, 4.69) is 15.8 Å². The zero-order valence-corrected chi connectivity index (χ0v) is 20.0. The van der Waals surface area contributed by atoms with E-state index in [0.717, 1.165) is 5.56 Å². The lowest BCUT2D eigenvalue weighted by atomic mass is 10.2. The third kappa shape index (κ3) is 7.89. The average Bonchev–Trinajstić information content (AvgIpc) is 2.86. The fourth-order valence-electron chi connectivity index (χ4n) is 3.04. The first-order valence-corrected chi connectivity index (χ1v) is 11.3. The molecule has 0 spiro atoms. The summed E-state index contributed by atoms with van der Waals surface area (Å²) in [4.78, 5) is 24.2. The first-order valence-electron chi connectivity index (χ1n) is 11.3. The maximum atomic E-state index is 12.1. The van der Waals surface area contributed by atoms with E-state index in [1.54, 1.807) is 42.5 Å². The number of anilines is 1. The summed E-state index contributed by atoms with van der Waals surface area (Å²) in [6, 6.07) is 20.1. The van der Waals surface area contributed by atoms with Crippen molar-refractivity contribution in [3.63, 3.8) is 0 Å². The lowest BCUT2D eigenvalue weighted by Gasteiger charge is -2.12. The van der Waals surface area contributed by atoms with Crippen molar-refractivity contribution >= 4 is 23.7 Å². The number of ether oxygens (including phenoxy) is 3. The van der Waals surface area contributed by atoms with E-state index in [1.165, 1.54) is 11.8 Å². The highest BCUT2D eigenvalue weighted by atomic mass is 16.5. The van der Waals surface area contributed by atoms with Gasteiger partial charge in [0.1, 0.15) is 12.4 Å². The van der Waals surface area contributed by atoms with Crippen LogP contribution in [0.5, 0.6) is 17.2 Å². The Bertz CT molecular complexity index is 1160. The molecule has 0 bridgehead atoms. The summed E-state index contributed by atoms with van der Waals surface area (Å²) in [6.07, 6.45) is 1.42. The van der Waals surface area contributed by atoms with Crippen molar-refractivity contribution in [3.8, 4) is 17.2 Å². The quantitative estimate of drug-likeness (QED) is 0.256. The van der Waals surface area contributed by atoms with Gasteiger partial charge in [0.2, 0.25) is 0 Å². The second-order valence-electron chi connectivity index (χ2n) is 7.52. The molecule has 8 nitrogen and oxygen atoms in total. The van der Waals surface area contributed by atoms with Gasteiger partial charge < -0.3 is 19.5 Å². The van der Waals surface area contributed by atoms with Crippen molar-refractivity contribution in [2.45, 2.75) is 27.4 Å². The summed E-state index contributed by atoms with van der Waals surface area (Å²) in [5.41, 5.74) is 5.60. The highest BCUT2D eigenvalue weighted by molar-refractivity contribution is 6.39. The zero-order valence-electron chi connectivity index (χ0n) is 20.0. The van der Waals surface area contributed by atoms with E-state index in [-0.39, 0.29) is 0 Å². The predicted octanol–water partition coefficient (Wildman–Crippen LogP) is 4.46. The zero-order chi connectivity index (χ0) is 25.0. The van der Waals surface area contributed by atoms with Crippen LogP contribution in [-0.2, 0) is 16.2 Å². The van der Waals surface area contributed by atoms with Gasteiger partial charge in [0.15, 0.2) is 11.5 Å². The molecule has 0 aliphatic heterocycles. The molecule has 2 N–H and O–H groups in total. The summed E-state index contributed by atoms with van der Waals surface area (Å²) >= 11 is 0. The molecule has 3 rings (SSSR count). The van der Waals surface area contributed by atoms with Crippen LogP contribution in [0.1, 0.15) is 30.5 Å². The molecule has 2 amide bonds. The van der Waals surface area contributed by atoms with Crippen LogP contribution < -0.4 is 25.0 Å². The van der Waals surface area contributed by atoms with Crippen LogP contribution in [-0.4, -0.2) is 31.2 Å². The van der Waals surface area contributed by atoms with Crippen molar-refractivity contribution in [3.05, 3.63) is 83.4 Å². The van der Waals surface area contributed by atoms with Crippen molar-refractivity contribution in [2.75, 3.05) is 18.5 Å². The van der Waals surface area contributed by atoms with E-state index in [4.69, 9.17) is 14.2 Å². The standard InChI is InChI=1S/C27H29N3O5/c1-4-33-23-13-11-22(12-14-23)29-26(31)27(32)30-28-17-21-10-15-24(25(16-21)34-5-2)35-18-20-8-6-19(3)7-9-20/h6-17H,4-5,18H2,1-3H3,(H,29,31)(H,30,32)/b28-17+. The molecular formula is C27H29N3O5. The summed E-state index contributed by atoms with van der Waals surface area (Å²) in [5, 5.41) is 6.38. The Balaban J connectivity index is 1.56. The highest BCUT2D eigenvalue weighted by Crippen LogP contribution is 2.29. The molecule has 0 heterocycles. The van der Waals surface area contributed by atoms with Crippen molar-refractivity contribution in [2.24, 2.45) is 5.10 Å². The molecule has 8 heteroatoms. The van der Waals surface area contributed by atoms with Crippen LogP contribution in [0.2, 0.25) is 0 Å². The Morgan fingerprint density at radius 3 is 2.23 bits per heavy atom. The Morgan fingerprint density at radius 1 is 0.829 bits per heavy atom. The summed E-state index contributed by atoms with van der Waals surface area (Å²) < 4.78 is 17.0. The van der Waals surface area contributed by atoms with Gasteiger partial charge in [-0.15, -0.1) is 0 Å². The molecule has 0 saturated carbocycles. The van der Waals surface area contributed by atoms with E-state index in [1.807, 2.05) is 45.0 Å². The molecule has 182 valence electrons. The van der Waals surface area contributed by atoms with Crippen LogP contribution in [0.3, 0.4) is 0 Å². The van der Waals surface area contributed by atoms with Gasteiger partial charge in [0.05, 0.1) is 19.4 Å². The number of hydrogen-bond donors (Lipinski definition) is 2. The summed E-state index contributed by atoms with van der Waals surface area (Å²) in [6.45, 7) is 7.22. The van der Waals surface area contributed by atoms with Gasteiger partial charge in [-0.2, -0.15) is 5.10 Å². The van der Waals surface area contributed by atoms with E-state index < -0.39 is 11.8 Å². The van der Waals surface area contributed by atoms with Crippen LogP contribution in [0.25, 0.3) is 0 Å². The Labute approximate surface area is 204 Å². The average molecular weight is 476 g/mol. The SMILES string of the molecule is CCOc1ccc(NC(=O)C(=O)N/N=C/c2ccc(OCc3ccc(C)cc3)c(OCC)c2)cc1. The third-order valence-electron chi connectivity index (χ3n) is 4.79. The lowest BCUT2D eigenvalue weighted by Crippen LogP contribution is -2.32. The summed E-state index contributed by atoms with van der Waals surface area (Å²) in [7, 11) is 0. The number of benzene rings is 3. The first-order chi connectivity index (χ1) is 17.0. The second-order valence-corrected chi connectivity index (χ2v) is 7.52. The van der Waals surface area contributed by atoms with E-state index in [9.17, 15) is 9.59 Å². The maximum Gasteiger partial charge on any atom is 0.329 e. The molecule has 0 aromatic heterocycles. The van der Waals surface area contributed by atoms with Crippen LogP contribution in [0, 0.1) is 6.92 Å². The van der Waals surface area contributed by atoms with Crippen molar-refractivity contribution in [1.29, 1.82) is 0 Å². The smallest absolute Gasteiger partial charge is 0.329 e. The Morgan fingerprint density at radius 2 is 1.54 bits per heavy atom. The second kappa shape index (κ2) is 12.8. The molecule has 0 fully saturated rings. The highest BCUT2D eigenvalue weighted by Gasteiger charge is 2.13. The predicted molar refractivity (Wildman–Crippen MR) is 135 cm³/mol.